The molecule has 0 aliphatic carbocycles. The van der Waals surface area contributed by atoms with Crippen LogP contribution < -0.4 is 0 Å². The Morgan fingerprint density at radius 2 is 2.18 bits per heavy atom. The van der Waals surface area contributed by atoms with Gasteiger partial charge in [-0.15, -0.1) is 0 Å². The van der Waals surface area contributed by atoms with Gasteiger partial charge in [-0.05, 0) is 30.0 Å². The smallest absolute Gasteiger partial charge is 0.124 e. The molecule has 1 rings (SSSR count). The van der Waals surface area contributed by atoms with Gasteiger partial charge >= 0.3 is 0 Å². The molecule has 0 bridgehead atoms. The predicted octanol–water partition coefficient (Wildman–Crippen LogP) is 3.34. The van der Waals surface area contributed by atoms with Crippen molar-refractivity contribution in [1.82, 2.24) is 0 Å². The number of hydrogen-bond acceptors (Lipinski definition) is 1. The van der Waals surface area contributed by atoms with Gasteiger partial charge in [-0.1, -0.05) is 11.6 Å². The fraction of sp³-hybridized carbons (Fsp3) is 0.250. The Labute approximate surface area is 74.8 Å². The zero-order valence-corrected chi connectivity index (χ0v) is 7.68. The van der Waals surface area contributed by atoms with E-state index in [9.17, 15) is 4.39 Å². The fourth-order valence-electron chi connectivity index (χ4n) is 0.861. The van der Waals surface area contributed by atoms with Crippen LogP contribution in [0, 0.1) is 5.82 Å². The van der Waals surface area contributed by atoms with Crippen molar-refractivity contribution in [3.8, 4) is 0 Å². The maximum absolute atomic E-state index is 12.7. The lowest BCUT2D eigenvalue weighted by atomic mass is 10.2. The largest absolute Gasteiger partial charge is 0.207 e. The van der Waals surface area contributed by atoms with Crippen LogP contribution in [-0.2, 0) is 5.75 Å². The van der Waals surface area contributed by atoms with Gasteiger partial charge in [0.15, 0.2) is 0 Å². The van der Waals surface area contributed by atoms with Gasteiger partial charge in [0.2, 0.25) is 0 Å². The van der Waals surface area contributed by atoms with E-state index in [1.54, 1.807) is 17.8 Å². The average molecular weight is 191 g/mol. The SMILES string of the molecule is CSCc1cc(F)cc(Cl)c1. The highest BCUT2D eigenvalue weighted by Gasteiger charge is 1.97. The Morgan fingerprint density at radius 1 is 1.45 bits per heavy atom. The van der Waals surface area contributed by atoms with E-state index in [-0.39, 0.29) is 5.82 Å². The third kappa shape index (κ3) is 2.72. The normalized spacial score (nSPS) is 10.1. The lowest BCUT2D eigenvalue weighted by Gasteiger charge is -1.98. The van der Waals surface area contributed by atoms with Crippen molar-refractivity contribution in [3.05, 3.63) is 34.6 Å². The van der Waals surface area contributed by atoms with Crippen LogP contribution in [0.1, 0.15) is 5.56 Å². The molecule has 0 heterocycles. The van der Waals surface area contributed by atoms with Gasteiger partial charge in [0.1, 0.15) is 5.82 Å². The summed E-state index contributed by atoms with van der Waals surface area (Å²) >= 11 is 7.28. The second kappa shape index (κ2) is 3.98. The maximum Gasteiger partial charge on any atom is 0.124 e. The quantitative estimate of drug-likeness (QED) is 0.690. The van der Waals surface area contributed by atoms with Crippen LogP contribution in [0.4, 0.5) is 4.39 Å². The zero-order chi connectivity index (χ0) is 8.27. The first-order valence-corrected chi connectivity index (χ1v) is 4.93. The molecule has 0 radical (unpaired) electrons. The highest BCUT2D eigenvalue weighted by Crippen LogP contribution is 2.17. The van der Waals surface area contributed by atoms with E-state index >= 15 is 0 Å². The minimum absolute atomic E-state index is 0.262. The summed E-state index contributed by atoms with van der Waals surface area (Å²) in [6.45, 7) is 0. The van der Waals surface area contributed by atoms with Gasteiger partial charge in [-0.3, -0.25) is 0 Å². The van der Waals surface area contributed by atoms with Crippen LogP contribution in [0.25, 0.3) is 0 Å². The number of rotatable bonds is 2. The summed E-state index contributed by atoms with van der Waals surface area (Å²) in [7, 11) is 0. The molecule has 0 spiro atoms. The number of benzene rings is 1. The summed E-state index contributed by atoms with van der Waals surface area (Å²) in [5.41, 5.74) is 0.933. The van der Waals surface area contributed by atoms with Crippen molar-refractivity contribution >= 4 is 23.4 Å². The molecule has 0 amide bonds. The second-order valence-electron chi connectivity index (χ2n) is 2.21. The zero-order valence-electron chi connectivity index (χ0n) is 6.10. The lowest BCUT2D eigenvalue weighted by Crippen LogP contribution is -1.82. The van der Waals surface area contributed by atoms with Gasteiger partial charge in [0.05, 0.1) is 0 Å². The summed E-state index contributed by atoms with van der Waals surface area (Å²) in [5, 5.41) is 0.467. The van der Waals surface area contributed by atoms with Crippen LogP contribution in [0.15, 0.2) is 18.2 Å². The molecule has 0 fully saturated rings. The third-order valence-corrected chi connectivity index (χ3v) is 2.07. The summed E-state index contributed by atoms with van der Waals surface area (Å²) in [5.74, 6) is 0.541. The Kier molecular flexibility index (Phi) is 3.21. The van der Waals surface area contributed by atoms with Crippen molar-refractivity contribution in [3.63, 3.8) is 0 Å². The monoisotopic (exact) mass is 190 g/mol. The van der Waals surface area contributed by atoms with Crippen molar-refractivity contribution in [1.29, 1.82) is 0 Å². The standard InChI is InChI=1S/C8H8ClFS/c1-11-5-6-2-7(9)4-8(10)3-6/h2-4H,5H2,1H3. The van der Waals surface area contributed by atoms with Gasteiger partial charge in [0.25, 0.3) is 0 Å². The fourth-order valence-corrected chi connectivity index (χ4v) is 1.61. The Balaban J connectivity index is 2.89. The van der Waals surface area contributed by atoms with Gasteiger partial charge < -0.3 is 0 Å². The van der Waals surface area contributed by atoms with Gasteiger partial charge in [0, 0.05) is 10.8 Å². The van der Waals surface area contributed by atoms with E-state index in [4.69, 9.17) is 11.6 Å². The van der Waals surface area contributed by atoms with Crippen LogP contribution in [0.5, 0.6) is 0 Å². The molecule has 0 N–H and O–H groups in total. The molecule has 11 heavy (non-hydrogen) atoms. The Bertz CT molecular complexity index is 230. The van der Waals surface area contributed by atoms with E-state index in [1.165, 1.54) is 12.1 Å². The number of hydrogen-bond donors (Lipinski definition) is 0. The van der Waals surface area contributed by atoms with E-state index in [0.717, 1.165) is 11.3 Å². The Morgan fingerprint density at radius 3 is 2.73 bits per heavy atom. The molecular formula is C8H8ClFS. The van der Waals surface area contributed by atoms with Crippen LogP contribution in [-0.4, -0.2) is 6.26 Å². The van der Waals surface area contributed by atoms with Crippen LogP contribution in [0.2, 0.25) is 5.02 Å². The number of thioether (sulfide) groups is 1. The Hall–Kier alpha value is -0.210. The first kappa shape index (κ1) is 8.88. The van der Waals surface area contributed by atoms with Crippen molar-refractivity contribution in [2.45, 2.75) is 5.75 Å². The van der Waals surface area contributed by atoms with E-state index in [1.807, 2.05) is 6.26 Å². The highest BCUT2D eigenvalue weighted by atomic mass is 35.5. The molecule has 0 saturated heterocycles. The summed E-state index contributed by atoms with van der Waals surface area (Å²) in [4.78, 5) is 0. The van der Waals surface area contributed by atoms with E-state index in [2.05, 4.69) is 0 Å². The van der Waals surface area contributed by atoms with Crippen molar-refractivity contribution in [2.75, 3.05) is 6.26 Å². The highest BCUT2D eigenvalue weighted by molar-refractivity contribution is 7.97. The van der Waals surface area contributed by atoms with Crippen molar-refractivity contribution < 1.29 is 4.39 Å². The third-order valence-electron chi connectivity index (χ3n) is 1.23. The first-order chi connectivity index (χ1) is 5.22. The molecule has 1 aromatic rings. The summed E-state index contributed by atoms with van der Waals surface area (Å²) in [6.07, 6.45) is 1.97. The first-order valence-electron chi connectivity index (χ1n) is 3.16. The molecule has 0 unspecified atom stereocenters. The molecular weight excluding hydrogens is 183 g/mol. The van der Waals surface area contributed by atoms with Gasteiger partial charge in [-0.25, -0.2) is 4.39 Å². The summed E-state index contributed by atoms with van der Waals surface area (Å²) < 4.78 is 12.7. The number of halogens is 2. The lowest BCUT2D eigenvalue weighted by molar-refractivity contribution is 0.626. The van der Waals surface area contributed by atoms with Crippen LogP contribution in [0.3, 0.4) is 0 Å². The molecule has 0 aliphatic heterocycles. The molecule has 0 nitrogen and oxygen atoms in total. The topological polar surface area (TPSA) is 0 Å². The molecule has 60 valence electrons. The summed E-state index contributed by atoms with van der Waals surface area (Å²) in [6, 6.07) is 4.59. The molecule has 0 aliphatic rings. The van der Waals surface area contributed by atoms with Crippen LogP contribution >= 0.6 is 23.4 Å². The second-order valence-corrected chi connectivity index (χ2v) is 3.51. The molecule has 1 aromatic carbocycles. The van der Waals surface area contributed by atoms with Gasteiger partial charge in [-0.2, -0.15) is 11.8 Å². The predicted molar refractivity (Wildman–Crippen MR) is 48.6 cm³/mol. The molecule has 0 atom stereocenters. The minimum atomic E-state index is -0.262. The van der Waals surface area contributed by atoms with E-state index in [0.29, 0.717) is 5.02 Å². The minimum Gasteiger partial charge on any atom is -0.207 e. The molecule has 0 aromatic heterocycles. The molecule has 3 heteroatoms. The van der Waals surface area contributed by atoms with Crippen molar-refractivity contribution in [2.24, 2.45) is 0 Å². The van der Waals surface area contributed by atoms with E-state index < -0.39 is 0 Å². The maximum atomic E-state index is 12.7. The average Bonchev–Trinajstić information content (AvgIpc) is 1.85. The molecule has 0 saturated carbocycles.